The number of ether oxygens (including phenoxy) is 1. The van der Waals surface area contributed by atoms with Crippen LogP contribution in [0, 0.1) is 11.7 Å². The van der Waals surface area contributed by atoms with E-state index in [4.69, 9.17) is 4.74 Å². The highest BCUT2D eigenvalue weighted by Crippen LogP contribution is 2.19. The van der Waals surface area contributed by atoms with Crippen molar-refractivity contribution in [2.24, 2.45) is 5.92 Å². The van der Waals surface area contributed by atoms with E-state index in [0.717, 1.165) is 19.4 Å². The van der Waals surface area contributed by atoms with Gasteiger partial charge in [-0.05, 0) is 37.1 Å². The van der Waals surface area contributed by atoms with Crippen LogP contribution in [-0.2, 0) is 11.3 Å². The fraction of sp³-hybridized carbons (Fsp3) is 0.471. The minimum atomic E-state index is -0.273. The average molecular weight is 332 g/mol. The van der Waals surface area contributed by atoms with E-state index in [1.807, 2.05) is 4.90 Å². The lowest BCUT2D eigenvalue weighted by Crippen LogP contribution is -2.41. The second-order valence-corrected chi connectivity index (χ2v) is 6.06. The van der Waals surface area contributed by atoms with Gasteiger partial charge in [-0.2, -0.15) is 0 Å². The molecule has 128 valence electrons. The zero-order chi connectivity index (χ0) is 16.8. The van der Waals surface area contributed by atoms with Gasteiger partial charge in [0.2, 0.25) is 5.91 Å². The molecular formula is C17H21FN4O2. The number of carbonyl (C=O) groups excluding carboxylic acids is 1. The summed E-state index contributed by atoms with van der Waals surface area (Å²) in [6, 6.07) is 6.02. The van der Waals surface area contributed by atoms with Crippen molar-refractivity contribution in [3.05, 3.63) is 42.7 Å². The van der Waals surface area contributed by atoms with Gasteiger partial charge in [0, 0.05) is 32.0 Å². The molecule has 1 unspecified atom stereocenters. The third-order valence-corrected chi connectivity index (χ3v) is 4.22. The van der Waals surface area contributed by atoms with Gasteiger partial charge >= 0.3 is 0 Å². The molecule has 0 saturated carbocycles. The second kappa shape index (κ2) is 7.90. The van der Waals surface area contributed by atoms with Gasteiger partial charge in [-0.25, -0.2) is 4.39 Å². The molecule has 1 saturated heterocycles. The number of likely N-dealkylation sites (tertiary alicyclic amines) is 1. The maximum atomic E-state index is 12.9. The lowest BCUT2D eigenvalue weighted by Gasteiger charge is -2.32. The number of hydrogen-bond donors (Lipinski definition) is 0. The van der Waals surface area contributed by atoms with Crippen molar-refractivity contribution in [1.29, 1.82) is 0 Å². The largest absolute Gasteiger partial charge is 0.493 e. The molecule has 0 bridgehead atoms. The Balaban J connectivity index is 1.45. The number of amides is 1. The first-order chi connectivity index (χ1) is 11.7. The summed E-state index contributed by atoms with van der Waals surface area (Å²) in [7, 11) is 0. The molecule has 3 rings (SSSR count). The Labute approximate surface area is 140 Å². The molecule has 1 fully saturated rings. The molecule has 2 aromatic rings. The van der Waals surface area contributed by atoms with Crippen LogP contribution in [0.4, 0.5) is 4.39 Å². The minimum absolute atomic E-state index is 0.148. The molecule has 1 aromatic carbocycles. The van der Waals surface area contributed by atoms with E-state index in [2.05, 4.69) is 10.2 Å². The zero-order valence-corrected chi connectivity index (χ0v) is 13.5. The van der Waals surface area contributed by atoms with Crippen molar-refractivity contribution in [1.82, 2.24) is 19.7 Å². The molecule has 0 aliphatic carbocycles. The number of rotatable bonds is 6. The van der Waals surface area contributed by atoms with Crippen molar-refractivity contribution >= 4 is 5.91 Å². The van der Waals surface area contributed by atoms with Crippen LogP contribution in [0.5, 0.6) is 5.75 Å². The van der Waals surface area contributed by atoms with Gasteiger partial charge in [0.05, 0.1) is 6.61 Å². The van der Waals surface area contributed by atoms with E-state index < -0.39 is 0 Å². The van der Waals surface area contributed by atoms with Gasteiger partial charge in [0.1, 0.15) is 24.2 Å². The van der Waals surface area contributed by atoms with E-state index in [1.54, 1.807) is 29.4 Å². The normalized spacial score (nSPS) is 17.7. The van der Waals surface area contributed by atoms with Crippen molar-refractivity contribution in [3.8, 4) is 5.75 Å². The van der Waals surface area contributed by atoms with E-state index >= 15 is 0 Å². The van der Waals surface area contributed by atoms with Crippen LogP contribution in [0.25, 0.3) is 0 Å². The summed E-state index contributed by atoms with van der Waals surface area (Å²) in [6.07, 6.45) is 5.70. The number of halogens is 1. The Kier molecular flexibility index (Phi) is 5.40. The highest BCUT2D eigenvalue weighted by molar-refractivity contribution is 5.76. The van der Waals surface area contributed by atoms with Crippen LogP contribution < -0.4 is 4.74 Å². The molecule has 6 nitrogen and oxygen atoms in total. The number of nitrogens with zero attached hydrogens (tertiary/aromatic N) is 4. The van der Waals surface area contributed by atoms with Crippen molar-refractivity contribution in [2.75, 3.05) is 19.7 Å². The molecule has 0 spiro atoms. The second-order valence-electron chi connectivity index (χ2n) is 6.06. The Hall–Kier alpha value is -2.44. The van der Waals surface area contributed by atoms with E-state index in [1.165, 1.54) is 12.1 Å². The highest BCUT2D eigenvalue weighted by atomic mass is 19.1. The van der Waals surface area contributed by atoms with Crippen molar-refractivity contribution < 1.29 is 13.9 Å². The Bertz CT molecular complexity index is 645. The summed E-state index contributed by atoms with van der Waals surface area (Å²) in [6.45, 7) is 2.65. The first-order valence-corrected chi connectivity index (χ1v) is 8.19. The number of aryl methyl sites for hydroxylation is 1. The number of benzene rings is 1. The van der Waals surface area contributed by atoms with Crippen LogP contribution in [0.2, 0.25) is 0 Å². The van der Waals surface area contributed by atoms with Gasteiger partial charge in [0.15, 0.2) is 0 Å². The molecule has 1 aliphatic heterocycles. The Morgan fingerprint density at radius 3 is 2.75 bits per heavy atom. The fourth-order valence-electron chi connectivity index (χ4n) is 2.89. The molecule has 1 amide bonds. The first-order valence-electron chi connectivity index (χ1n) is 8.19. The van der Waals surface area contributed by atoms with Gasteiger partial charge in [-0.15, -0.1) is 10.2 Å². The maximum Gasteiger partial charge on any atom is 0.224 e. The summed E-state index contributed by atoms with van der Waals surface area (Å²) >= 11 is 0. The monoisotopic (exact) mass is 332 g/mol. The summed E-state index contributed by atoms with van der Waals surface area (Å²) in [4.78, 5) is 14.2. The van der Waals surface area contributed by atoms with Crippen LogP contribution in [-0.4, -0.2) is 45.3 Å². The molecule has 0 N–H and O–H groups in total. The maximum absolute atomic E-state index is 12.9. The summed E-state index contributed by atoms with van der Waals surface area (Å²) < 4.78 is 20.4. The SMILES string of the molecule is O=C(CCn1cnnc1)N1CCCC(COc2ccc(F)cc2)C1. The molecule has 1 atom stereocenters. The van der Waals surface area contributed by atoms with E-state index in [9.17, 15) is 9.18 Å². The summed E-state index contributed by atoms with van der Waals surface area (Å²) in [5, 5.41) is 7.46. The summed E-state index contributed by atoms with van der Waals surface area (Å²) in [5.41, 5.74) is 0. The third-order valence-electron chi connectivity index (χ3n) is 4.22. The average Bonchev–Trinajstić information content (AvgIpc) is 3.13. The lowest BCUT2D eigenvalue weighted by molar-refractivity contribution is -0.133. The fourth-order valence-corrected chi connectivity index (χ4v) is 2.89. The van der Waals surface area contributed by atoms with Crippen LogP contribution in [0.15, 0.2) is 36.9 Å². The Morgan fingerprint density at radius 1 is 1.25 bits per heavy atom. The molecule has 2 heterocycles. The predicted molar refractivity (Wildman–Crippen MR) is 85.8 cm³/mol. The molecule has 0 radical (unpaired) electrons. The summed E-state index contributed by atoms with van der Waals surface area (Å²) in [5.74, 6) is 0.843. The number of hydrogen-bond acceptors (Lipinski definition) is 4. The molecule has 1 aliphatic rings. The van der Waals surface area contributed by atoms with Crippen molar-refractivity contribution in [2.45, 2.75) is 25.8 Å². The smallest absolute Gasteiger partial charge is 0.224 e. The van der Waals surface area contributed by atoms with Crippen LogP contribution in [0.3, 0.4) is 0 Å². The lowest BCUT2D eigenvalue weighted by atomic mass is 9.98. The van der Waals surface area contributed by atoms with Gasteiger partial charge in [-0.1, -0.05) is 0 Å². The predicted octanol–water partition coefficient (Wildman–Crippen LogP) is 2.12. The molecular weight excluding hydrogens is 311 g/mol. The van der Waals surface area contributed by atoms with Gasteiger partial charge in [0.25, 0.3) is 0 Å². The minimum Gasteiger partial charge on any atom is -0.493 e. The topological polar surface area (TPSA) is 60.2 Å². The van der Waals surface area contributed by atoms with E-state index in [0.29, 0.717) is 37.8 Å². The third kappa shape index (κ3) is 4.53. The highest BCUT2D eigenvalue weighted by Gasteiger charge is 2.23. The standard InChI is InChI=1S/C17H21FN4O2/c18-15-3-5-16(6-4-15)24-11-14-2-1-8-22(10-14)17(23)7-9-21-12-19-20-13-21/h3-6,12-14H,1-2,7-11H2. The van der Waals surface area contributed by atoms with Crippen molar-refractivity contribution in [3.63, 3.8) is 0 Å². The van der Waals surface area contributed by atoms with Crippen LogP contribution in [0.1, 0.15) is 19.3 Å². The number of piperidine rings is 1. The molecule has 7 heteroatoms. The van der Waals surface area contributed by atoms with Crippen LogP contribution >= 0.6 is 0 Å². The first kappa shape index (κ1) is 16.4. The zero-order valence-electron chi connectivity index (χ0n) is 13.5. The number of aromatic nitrogens is 3. The molecule has 1 aromatic heterocycles. The van der Waals surface area contributed by atoms with Gasteiger partial charge < -0.3 is 14.2 Å². The molecule has 24 heavy (non-hydrogen) atoms. The van der Waals surface area contributed by atoms with Gasteiger partial charge in [-0.3, -0.25) is 4.79 Å². The number of carbonyl (C=O) groups is 1. The van der Waals surface area contributed by atoms with E-state index in [-0.39, 0.29) is 11.7 Å². The quantitative estimate of drug-likeness (QED) is 0.813. The Morgan fingerprint density at radius 2 is 2.00 bits per heavy atom.